The number of rotatable bonds is 5. The second kappa shape index (κ2) is 6.43. The van der Waals surface area contributed by atoms with Gasteiger partial charge in [0.05, 0.1) is 10.0 Å². The van der Waals surface area contributed by atoms with Crippen LogP contribution in [0.1, 0.15) is 24.1 Å². The summed E-state index contributed by atoms with van der Waals surface area (Å²) < 4.78 is 0.836. The zero-order valence-corrected chi connectivity index (χ0v) is 13.2. The molecule has 0 bridgehead atoms. The Labute approximate surface area is 133 Å². The van der Waals surface area contributed by atoms with E-state index in [0.717, 1.165) is 22.1 Å². The van der Waals surface area contributed by atoms with Crippen molar-refractivity contribution in [2.75, 3.05) is 0 Å². The zero-order valence-electron chi connectivity index (χ0n) is 11.6. The van der Waals surface area contributed by atoms with Crippen molar-refractivity contribution in [1.82, 2.24) is 15.5 Å². The van der Waals surface area contributed by atoms with Crippen molar-refractivity contribution in [2.24, 2.45) is 0 Å². The number of benzene rings is 1. The van der Waals surface area contributed by atoms with Crippen LogP contribution in [-0.4, -0.2) is 10.2 Å². The third kappa shape index (κ3) is 3.53. The van der Waals surface area contributed by atoms with Crippen LogP contribution in [0.4, 0.5) is 0 Å². The minimum absolute atomic E-state index is 0.293. The highest BCUT2D eigenvalue weighted by atomic mass is 35.5. The lowest BCUT2D eigenvalue weighted by molar-refractivity contribution is 0.576. The molecule has 1 unspecified atom stereocenters. The third-order valence-corrected chi connectivity index (χ3v) is 4.58. The molecule has 0 saturated heterocycles. The molecule has 0 amide bonds. The van der Waals surface area contributed by atoms with Crippen molar-refractivity contribution < 1.29 is 0 Å². The van der Waals surface area contributed by atoms with E-state index in [2.05, 4.69) is 52.1 Å². The first kappa shape index (κ1) is 14.3. The standard InChI is InChI=1S/C16H16ClN3S/c1-11(14-8-16(17)21-10-14)18-9-12-2-4-13(5-3-12)15-6-7-19-20-15/h2-8,10-11,18H,9H2,1H3,(H,19,20). The van der Waals surface area contributed by atoms with Gasteiger partial charge in [0.15, 0.2) is 0 Å². The Balaban J connectivity index is 1.61. The van der Waals surface area contributed by atoms with Crippen LogP contribution in [0.25, 0.3) is 11.3 Å². The smallest absolute Gasteiger partial charge is 0.0931 e. The summed E-state index contributed by atoms with van der Waals surface area (Å²) in [6, 6.07) is 12.8. The molecule has 5 heteroatoms. The van der Waals surface area contributed by atoms with Gasteiger partial charge in [-0.2, -0.15) is 5.10 Å². The summed E-state index contributed by atoms with van der Waals surface area (Å²) in [6.45, 7) is 2.98. The Morgan fingerprint density at radius 3 is 2.71 bits per heavy atom. The number of aromatic amines is 1. The Bertz CT molecular complexity index is 689. The normalized spacial score (nSPS) is 12.5. The highest BCUT2D eigenvalue weighted by molar-refractivity contribution is 7.14. The number of nitrogens with zero attached hydrogens (tertiary/aromatic N) is 1. The number of hydrogen-bond acceptors (Lipinski definition) is 3. The van der Waals surface area contributed by atoms with Crippen LogP contribution >= 0.6 is 22.9 Å². The van der Waals surface area contributed by atoms with Crippen molar-refractivity contribution >= 4 is 22.9 Å². The SMILES string of the molecule is CC(NCc1ccc(-c2ccn[nH]2)cc1)c1csc(Cl)c1. The maximum Gasteiger partial charge on any atom is 0.0931 e. The van der Waals surface area contributed by atoms with E-state index in [1.807, 2.05) is 12.1 Å². The number of halogens is 1. The number of aromatic nitrogens is 2. The van der Waals surface area contributed by atoms with Crippen LogP contribution in [-0.2, 0) is 6.54 Å². The molecule has 2 aromatic heterocycles. The first-order valence-electron chi connectivity index (χ1n) is 6.78. The molecule has 0 spiro atoms. The predicted molar refractivity (Wildman–Crippen MR) is 88.6 cm³/mol. The van der Waals surface area contributed by atoms with Crippen molar-refractivity contribution in [2.45, 2.75) is 19.5 Å². The van der Waals surface area contributed by atoms with Gasteiger partial charge in [0.2, 0.25) is 0 Å². The molecule has 1 aromatic carbocycles. The van der Waals surface area contributed by atoms with Gasteiger partial charge in [-0.05, 0) is 41.1 Å². The molecule has 21 heavy (non-hydrogen) atoms. The van der Waals surface area contributed by atoms with E-state index in [1.165, 1.54) is 11.1 Å². The van der Waals surface area contributed by atoms with Gasteiger partial charge < -0.3 is 5.32 Å². The van der Waals surface area contributed by atoms with Crippen molar-refractivity contribution in [3.05, 3.63) is 63.4 Å². The van der Waals surface area contributed by atoms with Crippen LogP contribution in [0.15, 0.2) is 48.0 Å². The molecule has 2 N–H and O–H groups in total. The lowest BCUT2D eigenvalue weighted by atomic mass is 10.1. The van der Waals surface area contributed by atoms with Gasteiger partial charge >= 0.3 is 0 Å². The van der Waals surface area contributed by atoms with Crippen LogP contribution in [0.5, 0.6) is 0 Å². The Morgan fingerprint density at radius 1 is 1.29 bits per heavy atom. The lowest BCUT2D eigenvalue weighted by Crippen LogP contribution is -2.17. The van der Waals surface area contributed by atoms with E-state index in [4.69, 9.17) is 11.6 Å². The molecule has 0 aliphatic heterocycles. The molecule has 0 aliphatic carbocycles. The van der Waals surface area contributed by atoms with E-state index in [9.17, 15) is 0 Å². The van der Waals surface area contributed by atoms with Crippen LogP contribution < -0.4 is 5.32 Å². The summed E-state index contributed by atoms with van der Waals surface area (Å²) in [5.74, 6) is 0. The summed E-state index contributed by atoms with van der Waals surface area (Å²) in [6.07, 6.45) is 1.76. The highest BCUT2D eigenvalue weighted by Crippen LogP contribution is 2.25. The van der Waals surface area contributed by atoms with Gasteiger partial charge in [-0.3, -0.25) is 5.10 Å². The first-order valence-corrected chi connectivity index (χ1v) is 8.04. The fraction of sp³-hybridized carbons (Fsp3) is 0.188. The van der Waals surface area contributed by atoms with Gasteiger partial charge in [-0.15, -0.1) is 11.3 Å². The molecule has 1 atom stereocenters. The monoisotopic (exact) mass is 317 g/mol. The largest absolute Gasteiger partial charge is 0.306 e. The predicted octanol–water partition coefficient (Wildman–Crippen LogP) is 4.64. The maximum absolute atomic E-state index is 5.97. The molecule has 0 aliphatic rings. The molecule has 3 rings (SSSR count). The molecule has 3 aromatic rings. The molecular formula is C16H16ClN3S. The summed E-state index contributed by atoms with van der Waals surface area (Å²) in [5, 5.41) is 12.5. The van der Waals surface area contributed by atoms with Crippen molar-refractivity contribution in [3.8, 4) is 11.3 Å². The van der Waals surface area contributed by atoms with Gasteiger partial charge in [0, 0.05) is 18.8 Å². The number of H-pyrrole nitrogens is 1. The van der Waals surface area contributed by atoms with E-state index in [-0.39, 0.29) is 0 Å². The molecule has 2 heterocycles. The van der Waals surface area contributed by atoms with E-state index in [0.29, 0.717) is 6.04 Å². The van der Waals surface area contributed by atoms with E-state index < -0.39 is 0 Å². The maximum atomic E-state index is 5.97. The minimum atomic E-state index is 0.293. The molecule has 0 fully saturated rings. The zero-order chi connectivity index (χ0) is 14.7. The summed E-state index contributed by atoms with van der Waals surface area (Å²) >= 11 is 7.54. The quantitative estimate of drug-likeness (QED) is 0.719. The second-order valence-electron chi connectivity index (χ2n) is 4.95. The van der Waals surface area contributed by atoms with E-state index in [1.54, 1.807) is 17.5 Å². The summed E-state index contributed by atoms with van der Waals surface area (Å²) in [4.78, 5) is 0. The molecule has 3 nitrogen and oxygen atoms in total. The van der Waals surface area contributed by atoms with Gasteiger partial charge in [-0.1, -0.05) is 35.9 Å². The average molecular weight is 318 g/mol. The minimum Gasteiger partial charge on any atom is -0.306 e. The number of thiophene rings is 1. The topological polar surface area (TPSA) is 40.7 Å². The summed E-state index contributed by atoms with van der Waals surface area (Å²) in [7, 11) is 0. The first-order chi connectivity index (χ1) is 10.2. The highest BCUT2D eigenvalue weighted by Gasteiger charge is 2.07. The average Bonchev–Trinajstić information content (AvgIpc) is 3.16. The van der Waals surface area contributed by atoms with Crippen LogP contribution in [0.2, 0.25) is 4.34 Å². The Morgan fingerprint density at radius 2 is 2.10 bits per heavy atom. The lowest BCUT2D eigenvalue weighted by Gasteiger charge is -2.12. The molecule has 0 saturated carbocycles. The fourth-order valence-corrected chi connectivity index (χ4v) is 3.14. The second-order valence-corrected chi connectivity index (χ2v) is 6.50. The van der Waals surface area contributed by atoms with Crippen molar-refractivity contribution in [1.29, 1.82) is 0 Å². The molecule has 108 valence electrons. The Kier molecular flexibility index (Phi) is 4.39. The van der Waals surface area contributed by atoms with Crippen LogP contribution in [0, 0.1) is 0 Å². The third-order valence-electron chi connectivity index (χ3n) is 3.47. The van der Waals surface area contributed by atoms with Gasteiger partial charge in [0.1, 0.15) is 0 Å². The molecule has 0 radical (unpaired) electrons. The number of hydrogen-bond donors (Lipinski definition) is 2. The van der Waals surface area contributed by atoms with Gasteiger partial charge in [0.25, 0.3) is 0 Å². The van der Waals surface area contributed by atoms with E-state index >= 15 is 0 Å². The van der Waals surface area contributed by atoms with Gasteiger partial charge in [-0.25, -0.2) is 0 Å². The fourth-order valence-electron chi connectivity index (χ4n) is 2.16. The number of nitrogens with one attached hydrogen (secondary N) is 2. The van der Waals surface area contributed by atoms with Crippen LogP contribution in [0.3, 0.4) is 0 Å². The summed E-state index contributed by atoms with van der Waals surface area (Å²) in [5.41, 5.74) is 4.68. The molecular weight excluding hydrogens is 302 g/mol. The Hall–Kier alpha value is -1.62. The van der Waals surface area contributed by atoms with Crippen molar-refractivity contribution in [3.63, 3.8) is 0 Å².